The van der Waals surface area contributed by atoms with E-state index in [0.717, 1.165) is 30.6 Å². The minimum absolute atomic E-state index is 0.0967. The Balaban J connectivity index is 2.25. The minimum atomic E-state index is -0.0967. The van der Waals surface area contributed by atoms with Gasteiger partial charge in [0.1, 0.15) is 5.82 Å². The van der Waals surface area contributed by atoms with Crippen molar-refractivity contribution in [2.75, 3.05) is 25.5 Å². The Kier molecular flexibility index (Phi) is 2.91. The molecule has 82 valence electrons. The molecule has 1 heterocycles. The lowest BCUT2D eigenvalue weighted by Crippen LogP contribution is -2.15. The van der Waals surface area contributed by atoms with Gasteiger partial charge < -0.3 is 10.2 Å². The molecule has 2 nitrogen and oxygen atoms in total. The van der Waals surface area contributed by atoms with Crippen molar-refractivity contribution in [1.82, 2.24) is 5.32 Å². The van der Waals surface area contributed by atoms with Gasteiger partial charge in [-0.1, -0.05) is 6.07 Å². The zero-order valence-corrected chi connectivity index (χ0v) is 9.26. The van der Waals surface area contributed by atoms with Gasteiger partial charge >= 0.3 is 0 Å². The molecule has 0 radical (unpaired) electrons. The van der Waals surface area contributed by atoms with E-state index in [0.29, 0.717) is 0 Å². The van der Waals surface area contributed by atoms with E-state index in [9.17, 15) is 4.39 Å². The molecule has 1 aliphatic rings. The van der Waals surface area contributed by atoms with Crippen LogP contribution >= 0.6 is 0 Å². The highest BCUT2D eigenvalue weighted by Gasteiger charge is 2.19. The summed E-state index contributed by atoms with van der Waals surface area (Å²) < 4.78 is 13.8. The molecule has 0 aliphatic carbocycles. The van der Waals surface area contributed by atoms with Crippen molar-refractivity contribution < 1.29 is 4.39 Å². The molecule has 1 saturated heterocycles. The maximum absolute atomic E-state index is 13.8. The number of anilines is 1. The average Bonchev–Trinajstić information content (AvgIpc) is 2.70. The van der Waals surface area contributed by atoms with Crippen molar-refractivity contribution >= 4 is 5.69 Å². The second-order valence-corrected chi connectivity index (χ2v) is 4.25. The molecule has 0 amide bonds. The van der Waals surface area contributed by atoms with Crippen molar-refractivity contribution in [2.24, 2.45) is 0 Å². The molecule has 15 heavy (non-hydrogen) atoms. The molecule has 2 rings (SSSR count). The fourth-order valence-corrected chi connectivity index (χ4v) is 2.03. The summed E-state index contributed by atoms with van der Waals surface area (Å²) in [4.78, 5) is 1.91. The summed E-state index contributed by atoms with van der Waals surface area (Å²) in [6.07, 6.45) is 2.18. The first-order chi connectivity index (χ1) is 7.18. The average molecular weight is 208 g/mol. The van der Waals surface area contributed by atoms with E-state index in [1.807, 2.05) is 31.1 Å². The Morgan fingerprint density at radius 3 is 2.73 bits per heavy atom. The lowest BCUT2D eigenvalue weighted by Gasteiger charge is -2.16. The molecule has 1 atom stereocenters. The number of hydrogen-bond donors (Lipinski definition) is 1. The summed E-state index contributed by atoms with van der Waals surface area (Å²) in [5.41, 5.74) is 1.72. The van der Waals surface area contributed by atoms with Crippen molar-refractivity contribution in [3.8, 4) is 0 Å². The summed E-state index contributed by atoms with van der Waals surface area (Å²) in [5, 5.41) is 3.31. The van der Waals surface area contributed by atoms with Crippen LogP contribution in [0.3, 0.4) is 0 Å². The highest BCUT2D eigenvalue weighted by molar-refractivity contribution is 5.47. The zero-order chi connectivity index (χ0) is 10.8. The van der Waals surface area contributed by atoms with E-state index < -0.39 is 0 Å². The first-order valence-corrected chi connectivity index (χ1v) is 5.38. The fourth-order valence-electron chi connectivity index (χ4n) is 2.03. The van der Waals surface area contributed by atoms with Crippen molar-refractivity contribution in [3.05, 3.63) is 29.6 Å². The van der Waals surface area contributed by atoms with Crippen molar-refractivity contribution in [2.45, 2.75) is 18.9 Å². The molecule has 0 spiro atoms. The Labute approximate surface area is 90.1 Å². The normalized spacial score (nSPS) is 20.6. The molecule has 0 saturated carbocycles. The monoisotopic (exact) mass is 208 g/mol. The molecule has 1 N–H and O–H groups in total. The van der Waals surface area contributed by atoms with Crippen LogP contribution in [0.15, 0.2) is 18.2 Å². The van der Waals surface area contributed by atoms with Gasteiger partial charge in [0.2, 0.25) is 0 Å². The van der Waals surface area contributed by atoms with Gasteiger partial charge in [0, 0.05) is 31.4 Å². The molecular weight excluding hydrogens is 191 g/mol. The van der Waals surface area contributed by atoms with Gasteiger partial charge in [-0.3, -0.25) is 0 Å². The van der Waals surface area contributed by atoms with Gasteiger partial charge in [0.05, 0.1) is 0 Å². The minimum Gasteiger partial charge on any atom is -0.378 e. The summed E-state index contributed by atoms with van der Waals surface area (Å²) in [5.74, 6) is -0.0967. The summed E-state index contributed by atoms with van der Waals surface area (Å²) in [6, 6.07) is 5.68. The molecule has 0 unspecified atom stereocenters. The second kappa shape index (κ2) is 4.19. The van der Waals surface area contributed by atoms with Crippen molar-refractivity contribution in [1.29, 1.82) is 0 Å². The third-order valence-electron chi connectivity index (χ3n) is 2.94. The zero-order valence-electron chi connectivity index (χ0n) is 9.26. The number of rotatable bonds is 2. The van der Waals surface area contributed by atoms with Crippen molar-refractivity contribution in [3.63, 3.8) is 0 Å². The van der Waals surface area contributed by atoms with Crippen LogP contribution in [0.5, 0.6) is 0 Å². The van der Waals surface area contributed by atoms with E-state index in [4.69, 9.17) is 0 Å². The smallest absolute Gasteiger partial charge is 0.130 e. The first-order valence-electron chi connectivity index (χ1n) is 5.38. The second-order valence-electron chi connectivity index (χ2n) is 4.25. The Bertz CT molecular complexity index is 343. The highest BCUT2D eigenvalue weighted by Crippen LogP contribution is 2.27. The van der Waals surface area contributed by atoms with Crippen LogP contribution in [0.4, 0.5) is 10.1 Å². The quantitative estimate of drug-likeness (QED) is 0.802. The van der Waals surface area contributed by atoms with E-state index in [1.54, 1.807) is 6.07 Å². The Morgan fingerprint density at radius 2 is 2.20 bits per heavy atom. The largest absolute Gasteiger partial charge is 0.378 e. The van der Waals surface area contributed by atoms with Gasteiger partial charge in [0.25, 0.3) is 0 Å². The summed E-state index contributed by atoms with van der Waals surface area (Å²) in [7, 11) is 3.84. The van der Waals surface area contributed by atoms with E-state index >= 15 is 0 Å². The van der Waals surface area contributed by atoms with Gasteiger partial charge in [-0.15, -0.1) is 0 Å². The Morgan fingerprint density at radius 1 is 1.40 bits per heavy atom. The molecular formula is C12H17FN2. The molecule has 1 aromatic rings. The van der Waals surface area contributed by atoms with Crippen LogP contribution in [-0.4, -0.2) is 20.6 Å². The van der Waals surface area contributed by atoms with Crippen LogP contribution in [-0.2, 0) is 0 Å². The Hall–Kier alpha value is -1.09. The van der Waals surface area contributed by atoms with E-state index in [-0.39, 0.29) is 11.9 Å². The topological polar surface area (TPSA) is 15.3 Å². The van der Waals surface area contributed by atoms with E-state index in [2.05, 4.69) is 5.32 Å². The van der Waals surface area contributed by atoms with Crippen LogP contribution in [0.1, 0.15) is 24.4 Å². The number of nitrogens with one attached hydrogen (secondary N) is 1. The SMILES string of the molecule is CN(C)c1ccc([C@@H]2CCCN2)c(F)c1. The maximum atomic E-state index is 13.8. The first kappa shape index (κ1) is 10.4. The van der Waals surface area contributed by atoms with Crippen LogP contribution in [0.2, 0.25) is 0 Å². The standard InChI is InChI=1S/C12H17FN2/c1-15(2)9-5-6-10(11(13)8-9)12-4-3-7-14-12/h5-6,8,12,14H,3-4,7H2,1-2H3/t12-/m0/s1. The third kappa shape index (κ3) is 2.12. The molecule has 1 fully saturated rings. The lowest BCUT2D eigenvalue weighted by molar-refractivity contribution is 0.559. The predicted molar refractivity (Wildman–Crippen MR) is 60.7 cm³/mol. The van der Waals surface area contributed by atoms with Crippen LogP contribution in [0.25, 0.3) is 0 Å². The lowest BCUT2D eigenvalue weighted by atomic mass is 10.0. The molecule has 0 bridgehead atoms. The number of benzene rings is 1. The maximum Gasteiger partial charge on any atom is 0.130 e. The number of hydrogen-bond acceptors (Lipinski definition) is 2. The number of nitrogens with zero attached hydrogens (tertiary/aromatic N) is 1. The molecule has 1 aliphatic heterocycles. The molecule has 1 aromatic carbocycles. The highest BCUT2D eigenvalue weighted by atomic mass is 19.1. The van der Waals surface area contributed by atoms with E-state index in [1.165, 1.54) is 0 Å². The van der Waals surface area contributed by atoms with Gasteiger partial charge in [-0.05, 0) is 31.5 Å². The fraction of sp³-hybridized carbons (Fsp3) is 0.500. The predicted octanol–water partition coefficient (Wildman–Crippen LogP) is 2.32. The molecule has 0 aromatic heterocycles. The molecule has 3 heteroatoms. The van der Waals surface area contributed by atoms with Crippen LogP contribution in [0, 0.1) is 5.82 Å². The summed E-state index contributed by atoms with van der Waals surface area (Å²) in [6.45, 7) is 1.000. The third-order valence-corrected chi connectivity index (χ3v) is 2.94. The van der Waals surface area contributed by atoms with Gasteiger partial charge in [-0.2, -0.15) is 0 Å². The van der Waals surface area contributed by atoms with Crippen LogP contribution < -0.4 is 10.2 Å². The van der Waals surface area contributed by atoms with Gasteiger partial charge in [0.15, 0.2) is 0 Å². The van der Waals surface area contributed by atoms with Gasteiger partial charge in [-0.25, -0.2) is 4.39 Å². The number of halogens is 1. The summed E-state index contributed by atoms with van der Waals surface area (Å²) >= 11 is 0.